The highest BCUT2D eigenvalue weighted by Gasteiger charge is 2.35. The number of fused-ring (bicyclic) bond motifs is 1. The van der Waals surface area contributed by atoms with Gasteiger partial charge in [-0.2, -0.15) is 4.68 Å². The molecule has 4 rings (SSSR count). The van der Waals surface area contributed by atoms with Crippen molar-refractivity contribution < 1.29 is 18.4 Å². The van der Waals surface area contributed by atoms with Crippen LogP contribution in [0.15, 0.2) is 57.7 Å². The number of carbonyl (C=O) groups excluding carboxylic acids is 2. The van der Waals surface area contributed by atoms with E-state index in [2.05, 4.69) is 5.10 Å². The highest BCUT2D eigenvalue weighted by Crippen LogP contribution is 2.23. The molecule has 1 aliphatic heterocycles. The van der Waals surface area contributed by atoms with Gasteiger partial charge in [0.25, 0.3) is 11.8 Å². The van der Waals surface area contributed by atoms with Crippen molar-refractivity contribution in [3.63, 3.8) is 0 Å². The van der Waals surface area contributed by atoms with Gasteiger partial charge in [0.2, 0.25) is 5.89 Å². The van der Waals surface area contributed by atoms with Crippen LogP contribution in [0.3, 0.4) is 0 Å². The number of halogens is 1. The highest BCUT2D eigenvalue weighted by atomic mass is 19.1. The van der Waals surface area contributed by atoms with Crippen molar-refractivity contribution in [1.82, 2.24) is 14.7 Å². The summed E-state index contributed by atoms with van der Waals surface area (Å²) in [5.41, 5.74) is 0.963. The van der Waals surface area contributed by atoms with Crippen molar-refractivity contribution in [2.45, 2.75) is 6.67 Å². The third kappa shape index (κ3) is 2.44. The first-order valence-electron chi connectivity index (χ1n) is 7.34. The van der Waals surface area contributed by atoms with Crippen molar-refractivity contribution in [2.24, 2.45) is 0 Å². The molecule has 0 aliphatic carbocycles. The molecule has 8 heteroatoms. The summed E-state index contributed by atoms with van der Waals surface area (Å²) in [6, 6.07) is 11.6. The van der Waals surface area contributed by atoms with Gasteiger partial charge in [0.1, 0.15) is 12.5 Å². The van der Waals surface area contributed by atoms with Crippen LogP contribution in [0.5, 0.6) is 0 Å². The molecule has 0 saturated carbocycles. The maximum absolute atomic E-state index is 13.0. The molecule has 1 aromatic heterocycles. The number of imide groups is 1. The van der Waals surface area contributed by atoms with E-state index in [9.17, 15) is 18.8 Å². The molecule has 7 nitrogen and oxygen atoms in total. The summed E-state index contributed by atoms with van der Waals surface area (Å²) in [4.78, 5) is 37.5. The molecule has 0 atom stereocenters. The fourth-order valence-electron chi connectivity index (χ4n) is 2.61. The fraction of sp³-hybridized carbons (Fsp3) is 0.0588. The minimum Gasteiger partial charge on any atom is -0.388 e. The lowest BCUT2D eigenvalue weighted by Gasteiger charge is -2.11. The molecule has 0 fully saturated rings. The number of hydrogen-bond acceptors (Lipinski definition) is 5. The van der Waals surface area contributed by atoms with Gasteiger partial charge in [-0.1, -0.05) is 12.1 Å². The zero-order valence-electron chi connectivity index (χ0n) is 12.7. The molecule has 1 aliphatic rings. The van der Waals surface area contributed by atoms with Gasteiger partial charge in [-0.25, -0.2) is 9.18 Å². The Bertz CT molecular complexity index is 1020. The Hall–Kier alpha value is -3.55. The molecular weight excluding hydrogens is 329 g/mol. The average molecular weight is 339 g/mol. The Balaban J connectivity index is 1.64. The van der Waals surface area contributed by atoms with Crippen LogP contribution in [0.1, 0.15) is 20.7 Å². The Morgan fingerprint density at radius 2 is 1.52 bits per heavy atom. The summed E-state index contributed by atoms with van der Waals surface area (Å²) >= 11 is 0. The summed E-state index contributed by atoms with van der Waals surface area (Å²) in [6.07, 6.45) is 0. The van der Waals surface area contributed by atoms with E-state index in [0.29, 0.717) is 5.56 Å². The van der Waals surface area contributed by atoms with E-state index in [1.165, 1.54) is 24.3 Å². The molecule has 0 radical (unpaired) electrons. The van der Waals surface area contributed by atoms with E-state index in [1.807, 2.05) is 0 Å². The zero-order chi connectivity index (χ0) is 17.6. The first-order valence-corrected chi connectivity index (χ1v) is 7.34. The van der Waals surface area contributed by atoms with Crippen LogP contribution in [-0.4, -0.2) is 26.5 Å². The van der Waals surface area contributed by atoms with Crippen molar-refractivity contribution in [3.8, 4) is 11.5 Å². The standard InChI is InChI=1S/C17H10FN3O4/c18-11-7-5-10(6-8-11)14-19-21(17(24)25-14)9-20-15(22)12-3-1-2-4-13(12)16(20)23/h1-8H,9H2. The van der Waals surface area contributed by atoms with Gasteiger partial charge in [-0.15, -0.1) is 5.10 Å². The van der Waals surface area contributed by atoms with Gasteiger partial charge >= 0.3 is 5.76 Å². The highest BCUT2D eigenvalue weighted by molar-refractivity contribution is 6.21. The van der Waals surface area contributed by atoms with Crippen molar-refractivity contribution in [3.05, 3.63) is 76.0 Å². The molecule has 0 bridgehead atoms. The molecule has 124 valence electrons. The summed E-state index contributed by atoms with van der Waals surface area (Å²) in [6.45, 7) is -0.365. The Kier molecular flexibility index (Phi) is 3.31. The average Bonchev–Trinajstić information content (AvgIpc) is 3.10. The summed E-state index contributed by atoms with van der Waals surface area (Å²) in [7, 11) is 0. The molecule has 0 saturated heterocycles. The largest absolute Gasteiger partial charge is 0.439 e. The molecule has 0 N–H and O–H groups in total. The number of amides is 2. The summed E-state index contributed by atoms with van der Waals surface area (Å²) in [5, 5.41) is 3.97. The number of benzene rings is 2. The fourth-order valence-corrected chi connectivity index (χ4v) is 2.61. The van der Waals surface area contributed by atoms with Crippen molar-refractivity contribution in [1.29, 1.82) is 0 Å². The molecule has 25 heavy (non-hydrogen) atoms. The number of aromatic nitrogens is 2. The Morgan fingerprint density at radius 3 is 2.12 bits per heavy atom. The number of carbonyl (C=O) groups is 2. The van der Waals surface area contributed by atoms with E-state index in [-0.39, 0.29) is 23.7 Å². The first-order chi connectivity index (χ1) is 12.0. The van der Waals surface area contributed by atoms with E-state index < -0.39 is 23.4 Å². The molecule has 0 spiro atoms. The maximum atomic E-state index is 13.0. The van der Waals surface area contributed by atoms with Crippen LogP contribution < -0.4 is 5.76 Å². The lowest BCUT2D eigenvalue weighted by Crippen LogP contribution is -2.35. The molecular formula is C17H10FN3O4. The van der Waals surface area contributed by atoms with Crippen molar-refractivity contribution in [2.75, 3.05) is 0 Å². The second-order valence-corrected chi connectivity index (χ2v) is 5.40. The minimum absolute atomic E-state index is 0.0263. The minimum atomic E-state index is -0.823. The van der Waals surface area contributed by atoms with Gasteiger partial charge < -0.3 is 4.42 Å². The normalized spacial score (nSPS) is 13.4. The molecule has 0 unspecified atom stereocenters. The van der Waals surface area contributed by atoms with Crippen molar-refractivity contribution >= 4 is 11.8 Å². The molecule has 2 amide bonds. The number of nitrogens with zero attached hydrogens (tertiary/aromatic N) is 3. The number of rotatable bonds is 3. The third-order valence-electron chi connectivity index (χ3n) is 3.85. The van der Waals surface area contributed by atoms with E-state index in [4.69, 9.17) is 4.42 Å². The molecule has 2 aromatic carbocycles. The van der Waals surface area contributed by atoms with E-state index in [1.54, 1.807) is 24.3 Å². The van der Waals surface area contributed by atoms with Gasteiger partial charge in [0.15, 0.2) is 0 Å². The van der Waals surface area contributed by atoms with Gasteiger partial charge in [-0.05, 0) is 36.4 Å². The van der Waals surface area contributed by atoms with Gasteiger partial charge in [0, 0.05) is 5.56 Å². The second kappa shape index (κ2) is 5.52. The predicted molar refractivity (Wildman–Crippen MR) is 83.1 cm³/mol. The summed E-state index contributed by atoms with van der Waals surface area (Å²) in [5.74, 6) is -2.29. The first kappa shape index (κ1) is 15.0. The van der Waals surface area contributed by atoms with Crippen LogP contribution in [0.4, 0.5) is 4.39 Å². The monoisotopic (exact) mass is 339 g/mol. The smallest absolute Gasteiger partial charge is 0.388 e. The predicted octanol–water partition coefficient (Wildman–Crippen LogP) is 1.90. The van der Waals surface area contributed by atoms with Crippen LogP contribution >= 0.6 is 0 Å². The van der Waals surface area contributed by atoms with Crippen LogP contribution in [-0.2, 0) is 6.67 Å². The Labute approximate surface area is 139 Å². The topological polar surface area (TPSA) is 85.4 Å². The van der Waals surface area contributed by atoms with Gasteiger partial charge in [-0.3, -0.25) is 14.5 Å². The van der Waals surface area contributed by atoms with E-state index >= 15 is 0 Å². The third-order valence-corrected chi connectivity index (χ3v) is 3.85. The molecule has 3 aromatic rings. The maximum Gasteiger partial charge on any atom is 0.439 e. The second-order valence-electron chi connectivity index (χ2n) is 5.40. The van der Waals surface area contributed by atoms with Gasteiger partial charge in [0.05, 0.1) is 11.1 Å². The Morgan fingerprint density at radius 1 is 0.920 bits per heavy atom. The lowest BCUT2D eigenvalue weighted by atomic mass is 10.1. The quantitative estimate of drug-likeness (QED) is 0.680. The van der Waals surface area contributed by atoms with E-state index in [0.717, 1.165) is 9.58 Å². The zero-order valence-corrected chi connectivity index (χ0v) is 12.7. The van der Waals surface area contributed by atoms with Crippen LogP contribution in [0, 0.1) is 5.82 Å². The SMILES string of the molecule is O=C1c2ccccc2C(=O)N1Cn1nc(-c2ccc(F)cc2)oc1=O. The van der Waals surface area contributed by atoms with Crippen LogP contribution in [0.2, 0.25) is 0 Å². The number of hydrogen-bond donors (Lipinski definition) is 0. The summed E-state index contributed by atoms with van der Waals surface area (Å²) < 4.78 is 18.9. The van der Waals surface area contributed by atoms with Crippen LogP contribution in [0.25, 0.3) is 11.5 Å². The lowest BCUT2D eigenvalue weighted by molar-refractivity contribution is 0.0593. The molecule has 2 heterocycles.